The predicted molar refractivity (Wildman–Crippen MR) is 142 cm³/mol. The van der Waals surface area contributed by atoms with Gasteiger partial charge in [-0.05, 0) is 61.4 Å². The van der Waals surface area contributed by atoms with Crippen LogP contribution < -0.4 is 10.1 Å². The Kier molecular flexibility index (Phi) is 7.34. The minimum atomic E-state index is -0.130. The summed E-state index contributed by atoms with van der Waals surface area (Å²) in [4.78, 5) is 27.5. The number of nitrogens with one attached hydrogen (secondary N) is 2. The third-order valence-corrected chi connectivity index (χ3v) is 6.63. The predicted octanol–water partition coefficient (Wildman–Crippen LogP) is 3.85. The molecule has 1 unspecified atom stereocenters. The van der Waals surface area contributed by atoms with E-state index in [0.29, 0.717) is 28.3 Å². The van der Waals surface area contributed by atoms with Crippen LogP contribution in [0.2, 0.25) is 0 Å². The van der Waals surface area contributed by atoms with Gasteiger partial charge in [-0.25, -0.2) is 9.97 Å². The molecule has 3 N–H and O–H groups in total. The molecular formula is C28H31N5O4. The summed E-state index contributed by atoms with van der Waals surface area (Å²) in [5.74, 6) is 0.972. The van der Waals surface area contributed by atoms with Gasteiger partial charge in [-0.1, -0.05) is 6.07 Å². The zero-order valence-electron chi connectivity index (χ0n) is 21.0. The molecule has 1 amide bonds. The van der Waals surface area contributed by atoms with Crippen LogP contribution in [0.15, 0.2) is 54.7 Å². The van der Waals surface area contributed by atoms with Gasteiger partial charge in [-0.3, -0.25) is 9.69 Å². The van der Waals surface area contributed by atoms with E-state index in [1.807, 2.05) is 37.3 Å². The number of ether oxygens (including phenoxy) is 2. The maximum Gasteiger partial charge on any atom is 0.251 e. The fourth-order valence-corrected chi connectivity index (χ4v) is 4.52. The highest BCUT2D eigenvalue weighted by Crippen LogP contribution is 2.35. The topological polar surface area (TPSA) is 113 Å². The first-order valence-electron chi connectivity index (χ1n) is 12.5. The first-order valence-corrected chi connectivity index (χ1v) is 12.5. The summed E-state index contributed by atoms with van der Waals surface area (Å²) in [6.45, 7) is 6.37. The van der Waals surface area contributed by atoms with Gasteiger partial charge >= 0.3 is 0 Å². The lowest BCUT2D eigenvalue weighted by atomic mass is 10.0. The second-order valence-electron chi connectivity index (χ2n) is 9.23. The molecule has 0 bridgehead atoms. The first kappa shape index (κ1) is 24.7. The van der Waals surface area contributed by atoms with Crippen molar-refractivity contribution >= 4 is 16.9 Å². The molecule has 9 heteroatoms. The van der Waals surface area contributed by atoms with Crippen molar-refractivity contribution in [3.05, 3.63) is 60.3 Å². The molecule has 0 radical (unpaired) electrons. The average molecular weight is 502 g/mol. The van der Waals surface area contributed by atoms with Gasteiger partial charge in [0.05, 0.1) is 36.9 Å². The van der Waals surface area contributed by atoms with Gasteiger partial charge in [0.2, 0.25) is 5.88 Å². The molecule has 0 saturated carbocycles. The van der Waals surface area contributed by atoms with Gasteiger partial charge < -0.3 is 24.9 Å². The highest BCUT2D eigenvalue weighted by Gasteiger charge is 2.17. The Morgan fingerprint density at radius 2 is 2.03 bits per heavy atom. The highest BCUT2D eigenvalue weighted by molar-refractivity contribution is 5.98. The number of phenols is 1. The van der Waals surface area contributed by atoms with Crippen LogP contribution in [-0.2, 0) is 4.74 Å². The van der Waals surface area contributed by atoms with Crippen molar-refractivity contribution in [1.29, 1.82) is 0 Å². The van der Waals surface area contributed by atoms with Crippen LogP contribution >= 0.6 is 0 Å². The Labute approximate surface area is 215 Å². The fourth-order valence-electron chi connectivity index (χ4n) is 4.52. The van der Waals surface area contributed by atoms with Crippen LogP contribution in [0.5, 0.6) is 11.6 Å². The Morgan fingerprint density at radius 3 is 2.84 bits per heavy atom. The van der Waals surface area contributed by atoms with Crippen molar-refractivity contribution in [3.8, 4) is 34.1 Å². The lowest BCUT2D eigenvalue weighted by Crippen LogP contribution is -2.40. The third kappa shape index (κ3) is 5.58. The van der Waals surface area contributed by atoms with Crippen LogP contribution in [0.3, 0.4) is 0 Å². The second kappa shape index (κ2) is 11.0. The average Bonchev–Trinajstić information content (AvgIpc) is 3.36. The minimum Gasteiger partial charge on any atom is -0.507 e. The number of pyridine rings is 1. The van der Waals surface area contributed by atoms with E-state index in [1.165, 1.54) is 0 Å². The number of carbonyl (C=O) groups is 1. The summed E-state index contributed by atoms with van der Waals surface area (Å²) in [6, 6.07) is 14.5. The number of aromatic nitrogens is 3. The minimum absolute atomic E-state index is 0.0462. The van der Waals surface area contributed by atoms with E-state index in [9.17, 15) is 9.90 Å². The van der Waals surface area contributed by atoms with Gasteiger partial charge in [0.15, 0.2) is 0 Å². The molecule has 2 aromatic carbocycles. The van der Waals surface area contributed by atoms with Crippen molar-refractivity contribution in [2.24, 2.45) is 0 Å². The van der Waals surface area contributed by atoms with Crippen LogP contribution in [-0.4, -0.2) is 76.9 Å². The zero-order valence-corrected chi connectivity index (χ0v) is 21.0. The molecule has 3 heterocycles. The second-order valence-corrected chi connectivity index (χ2v) is 9.23. The number of methoxy groups -OCH3 is 1. The van der Waals surface area contributed by atoms with Gasteiger partial charge in [0, 0.05) is 43.0 Å². The van der Waals surface area contributed by atoms with E-state index < -0.39 is 0 Å². The van der Waals surface area contributed by atoms with Crippen LogP contribution in [0.25, 0.3) is 33.5 Å². The monoisotopic (exact) mass is 501 g/mol. The molecule has 1 aliphatic heterocycles. The molecule has 0 spiro atoms. The lowest BCUT2D eigenvalue weighted by Gasteiger charge is -2.27. The first-order chi connectivity index (χ1) is 18.0. The molecule has 1 atom stereocenters. The molecule has 1 aliphatic rings. The number of hydrogen-bond acceptors (Lipinski definition) is 7. The number of nitrogens with zero attached hydrogens (tertiary/aromatic N) is 3. The van der Waals surface area contributed by atoms with Crippen molar-refractivity contribution in [1.82, 2.24) is 25.2 Å². The van der Waals surface area contributed by atoms with Gasteiger partial charge in [-0.2, -0.15) is 0 Å². The molecule has 1 saturated heterocycles. The van der Waals surface area contributed by atoms with Gasteiger partial charge in [0.25, 0.3) is 5.91 Å². The van der Waals surface area contributed by atoms with Crippen molar-refractivity contribution in [3.63, 3.8) is 0 Å². The number of hydrogen-bond donors (Lipinski definition) is 3. The number of rotatable bonds is 8. The molecule has 1 fully saturated rings. The van der Waals surface area contributed by atoms with E-state index in [0.717, 1.165) is 55.9 Å². The number of imidazole rings is 1. The maximum absolute atomic E-state index is 12.9. The number of morpholine rings is 1. The quantitative estimate of drug-likeness (QED) is 0.336. The summed E-state index contributed by atoms with van der Waals surface area (Å²) in [5, 5.41) is 13.7. The summed E-state index contributed by atoms with van der Waals surface area (Å²) in [5.41, 5.74) is 4.15. The molecule has 4 aromatic rings. The highest BCUT2D eigenvalue weighted by atomic mass is 16.5. The third-order valence-electron chi connectivity index (χ3n) is 6.63. The number of aromatic amines is 1. The van der Waals surface area contributed by atoms with E-state index in [1.54, 1.807) is 31.5 Å². The van der Waals surface area contributed by atoms with Crippen LogP contribution in [0, 0.1) is 0 Å². The molecule has 9 nitrogen and oxygen atoms in total. The smallest absolute Gasteiger partial charge is 0.251 e. The molecule has 5 rings (SSSR count). The molecule has 2 aromatic heterocycles. The van der Waals surface area contributed by atoms with E-state index in [4.69, 9.17) is 9.47 Å². The molecular weight excluding hydrogens is 470 g/mol. The SMILES string of the molecule is COc1ncccc1-c1ccc(O)c(-c2nc3cc(C(=O)NC(C)CCN4CCOCC4)ccc3[nH]2)c1. The standard InChI is InChI=1S/C28H31N5O4/c1-18(9-11-33-12-14-37-15-13-33)30-27(35)20-5-7-23-24(17-20)32-26(31-23)22-16-19(6-8-25(22)34)21-4-3-10-29-28(21)36-2/h3-8,10,16-18,34H,9,11-15H2,1-2H3,(H,30,35)(H,31,32). The van der Waals surface area contributed by atoms with E-state index in [2.05, 4.69) is 25.2 Å². The Hall–Kier alpha value is -3.95. The summed E-state index contributed by atoms with van der Waals surface area (Å²) in [7, 11) is 1.57. The Morgan fingerprint density at radius 1 is 1.19 bits per heavy atom. The maximum atomic E-state index is 12.9. The summed E-state index contributed by atoms with van der Waals surface area (Å²) in [6.07, 6.45) is 2.54. The number of aromatic hydroxyl groups is 1. The number of amides is 1. The molecule has 192 valence electrons. The fraction of sp³-hybridized carbons (Fsp3) is 0.321. The lowest BCUT2D eigenvalue weighted by molar-refractivity contribution is 0.0363. The van der Waals surface area contributed by atoms with Gasteiger partial charge in [-0.15, -0.1) is 0 Å². The zero-order chi connectivity index (χ0) is 25.8. The van der Waals surface area contributed by atoms with Crippen molar-refractivity contribution < 1.29 is 19.4 Å². The number of H-pyrrole nitrogens is 1. The van der Waals surface area contributed by atoms with E-state index in [-0.39, 0.29) is 17.7 Å². The largest absolute Gasteiger partial charge is 0.507 e. The normalized spacial score (nSPS) is 15.0. The van der Waals surface area contributed by atoms with Crippen LogP contribution in [0.4, 0.5) is 0 Å². The molecule has 37 heavy (non-hydrogen) atoms. The van der Waals surface area contributed by atoms with Gasteiger partial charge in [0.1, 0.15) is 11.6 Å². The molecule has 0 aliphatic carbocycles. The van der Waals surface area contributed by atoms with Crippen molar-refractivity contribution in [2.75, 3.05) is 40.0 Å². The Bertz CT molecular complexity index is 1400. The number of carbonyl (C=O) groups excluding carboxylic acids is 1. The summed E-state index contributed by atoms with van der Waals surface area (Å²) < 4.78 is 10.8. The Balaban J connectivity index is 1.33. The van der Waals surface area contributed by atoms with E-state index >= 15 is 0 Å². The summed E-state index contributed by atoms with van der Waals surface area (Å²) >= 11 is 0. The number of phenolic OH excluding ortho intramolecular Hbond substituents is 1. The van der Waals surface area contributed by atoms with Crippen LogP contribution in [0.1, 0.15) is 23.7 Å². The van der Waals surface area contributed by atoms with Crippen molar-refractivity contribution in [2.45, 2.75) is 19.4 Å². The number of benzene rings is 2. The number of fused-ring (bicyclic) bond motifs is 1.